The number of aromatic nitrogens is 4. The van der Waals surface area contributed by atoms with Crippen LogP contribution in [0.5, 0.6) is 0 Å². The Hall–Kier alpha value is -1.66. The lowest BCUT2D eigenvalue weighted by molar-refractivity contribution is -0.145. The largest absolute Gasteiger partial charge is 0.452 e. The Bertz CT molecular complexity index is 631. The molecule has 2 heterocycles. The Kier molecular flexibility index (Phi) is 4.49. The Morgan fingerprint density at radius 1 is 1.10 bits per heavy atom. The lowest BCUT2D eigenvalue weighted by Crippen LogP contribution is -2.18. The molecule has 0 atom stereocenters. The van der Waals surface area contributed by atoms with Crippen LogP contribution >= 0.6 is 0 Å². The second-order valence-corrected chi connectivity index (χ2v) is 4.69. The van der Waals surface area contributed by atoms with Crippen LogP contribution in [0.3, 0.4) is 0 Å². The second-order valence-electron chi connectivity index (χ2n) is 4.69. The molecule has 0 saturated carbocycles. The number of halogens is 3. The third-order valence-electron chi connectivity index (χ3n) is 3.46. The average Bonchev–Trinajstić information content (AvgIpc) is 2.94. The van der Waals surface area contributed by atoms with Gasteiger partial charge in [0.05, 0.1) is 11.4 Å². The Balaban J connectivity index is 0.000000774. The van der Waals surface area contributed by atoms with Crippen LogP contribution in [0.15, 0.2) is 0 Å². The van der Waals surface area contributed by atoms with E-state index in [2.05, 4.69) is 15.2 Å². The molecule has 116 valence electrons. The first-order valence-electron chi connectivity index (χ1n) is 7.35. The van der Waals surface area contributed by atoms with Crippen molar-refractivity contribution in [2.75, 3.05) is 0 Å². The highest BCUT2D eigenvalue weighted by molar-refractivity contribution is 5.47. The first kappa shape index (κ1) is 15.7. The van der Waals surface area contributed by atoms with Crippen molar-refractivity contribution < 1.29 is 13.2 Å². The fourth-order valence-electron chi connectivity index (χ4n) is 2.60. The maximum absolute atomic E-state index is 13.0. The number of alkyl halides is 3. The first-order chi connectivity index (χ1) is 10.0. The molecule has 2 aromatic heterocycles. The molecular weight excluding hydrogens is 281 g/mol. The van der Waals surface area contributed by atoms with E-state index < -0.39 is 12.0 Å². The van der Waals surface area contributed by atoms with Gasteiger partial charge in [-0.2, -0.15) is 13.2 Å². The first-order valence-corrected chi connectivity index (χ1v) is 7.35. The summed E-state index contributed by atoms with van der Waals surface area (Å²) < 4.78 is 40.2. The molecule has 0 aromatic carbocycles. The molecule has 2 aromatic rings. The fourth-order valence-corrected chi connectivity index (χ4v) is 2.60. The van der Waals surface area contributed by atoms with E-state index in [1.165, 1.54) is 4.40 Å². The van der Waals surface area contributed by atoms with E-state index in [4.69, 9.17) is 0 Å². The van der Waals surface area contributed by atoms with E-state index in [1.807, 2.05) is 20.8 Å². The Morgan fingerprint density at radius 2 is 1.76 bits per heavy atom. The zero-order valence-corrected chi connectivity index (χ0v) is 12.5. The molecule has 0 bridgehead atoms. The van der Waals surface area contributed by atoms with Crippen molar-refractivity contribution in [1.29, 1.82) is 0 Å². The Labute approximate surface area is 121 Å². The normalized spacial score (nSPS) is 14.6. The zero-order valence-electron chi connectivity index (χ0n) is 12.5. The molecule has 0 N–H and O–H groups in total. The van der Waals surface area contributed by atoms with Crippen molar-refractivity contribution in [2.45, 2.75) is 59.1 Å². The maximum Gasteiger partial charge on any atom is 0.452 e. The minimum atomic E-state index is -4.49. The number of aryl methyl sites for hydroxylation is 3. The van der Waals surface area contributed by atoms with Gasteiger partial charge in [0, 0.05) is 5.69 Å². The van der Waals surface area contributed by atoms with Crippen molar-refractivity contribution >= 4 is 5.65 Å². The third kappa shape index (κ3) is 2.73. The van der Waals surface area contributed by atoms with E-state index in [1.54, 1.807) is 0 Å². The van der Waals surface area contributed by atoms with Crippen LogP contribution in [0.25, 0.3) is 5.65 Å². The average molecular weight is 300 g/mol. The Morgan fingerprint density at radius 3 is 2.38 bits per heavy atom. The van der Waals surface area contributed by atoms with Crippen LogP contribution < -0.4 is 0 Å². The van der Waals surface area contributed by atoms with Crippen molar-refractivity contribution in [3.05, 3.63) is 22.9 Å². The molecule has 3 rings (SSSR count). The number of nitrogens with zero attached hydrogens (tertiary/aromatic N) is 4. The van der Waals surface area contributed by atoms with E-state index in [-0.39, 0.29) is 5.65 Å². The summed E-state index contributed by atoms with van der Waals surface area (Å²) in [6.45, 7) is 5.86. The van der Waals surface area contributed by atoms with Crippen molar-refractivity contribution in [1.82, 2.24) is 19.6 Å². The number of fused-ring (bicyclic) bond motifs is 3. The van der Waals surface area contributed by atoms with Crippen molar-refractivity contribution in [3.63, 3.8) is 0 Å². The molecule has 4 nitrogen and oxygen atoms in total. The molecule has 7 heteroatoms. The molecule has 0 amide bonds. The predicted octanol–water partition coefficient (Wildman–Crippen LogP) is 3.61. The zero-order chi connectivity index (χ0) is 15.6. The van der Waals surface area contributed by atoms with Gasteiger partial charge in [-0.1, -0.05) is 20.8 Å². The third-order valence-corrected chi connectivity index (χ3v) is 3.46. The van der Waals surface area contributed by atoms with Crippen LogP contribution in [0, 0.1) is 0 Å². The second kappa shape index (κ2) is 5.99. The monoisotopic (exact) mass is 300 g/mol. The van der Waals surface area contributed by atoms with Gasteiger partial charge in [0.15, 0.2) is 5.65 Å². The lowest BCUT2D eigenvalue weighted by Gasteiger charge is -2.19. The molecule has 0 saturated heterocycles. The highest BCUT2D eigenvalue weighted by Crippen LogP contribution is 2.31. The minimum absolute atomic E-state index is 0.246. The van der Waals surface area contributed by atoms with Crippen molar-refractivity contribution in [2.24, 2.45) is 0 Å². The van der Waals surface area contributed by atoms with Gasteiger partial charge >= 0.3 is 6.18 Å². The summed E-state index contributed by atoms with van der Waals surface area (Å²) in [5.74, 6) is -0.933. The summed E-state index contributed by atoms with van der Waals surface area (Å²) in [4.78, 5) is 4.46. The number of rotatable bonds is 1. The van der Waals surface area contributed by atoms with Crippen molar-refractivity contribution in [3.8, 4) is 0 Å². The van der Waals surface area contributed by atoms with Crippen LogP contribution in [0.1, 0.15) is 56.5 Å². The molecular formula is C14H19F3N4. The molecule has 0 aliphatic heterocycles. The van der Waals surface area contributed by atoms with Gasteiger partial charge in [-0.3, -0.25) is 9.38 Å². The molecule has 1 aliphatic carbocycles. The summed E-state index contributed by atoms with van der Waals surface area (Å²) in [5.41, 5.74) is 2.22. The fraction of sp³-hybridized carbons (Fsp3) is 0.643. The lowest BCUT2D eigenvalue weighted by atomic mass is 10.00. The summed E-state index contributed by atoms with van der Waals surface area (Å²) >= 11 is 0. The van der Waals surface area contributed by atoms with Crippen LogP contribution in [-0.2, 0) is 25.4 Å². The SMILES string of the molecule is CC.CCc1nc2c(n3c(C(F)(F)F)nnc13)CCCC2. The van der Waals surface area contributed by atoms with E-state index >= 15 is 0 Å². The van der Waals surface area contributed by atoms with Gasteiger partial charge in [-0.25, -0.2) is 0 Å². The van der Waals surface area contributed by atoms with Crippen LogP contribution in [0.2, 0.25) is 0 Å². The summed E-state index contributed by atoms with van der Waals surface area (Å²) in [5, 5.41) is 7.03. The quantitative estimate of drug-likeness (QED) is 0.808. The number of hydrogen-bond donors (Lipinski definition) is 0. The smallest absolute Gasteiger partial charge is 0.272 e. The summed E-state index contributed by atoms with van der Waals surface area (Å²) in [6, 6.07) is 0. The highest BCUT2D eigenvalue weighted by Gasteiger charge is 2.38. The van der Waals surface area contributed by atoms with Gasteiger partial charge < -0.3 is 0 Å². The van der Waals surface area contributed by atoms with Gasteiger partial charge in [0.1, 0.15) is 0 Å². The molecule has 0 spiro atoms. The molecule has 0 radical (unpaired) electrons. The van der Waals surface area contributed by atoms with Gasteiger partial charge in [0.2, 0.25) is 5.82 Å². The summed E-state index contributed by atoms with van der Waals surface area (Å²) in [7, 11) is 0. The topological polar surface area (TPSA) is 43.1 Å². The predicted molar refractivity (Wildman–Crippen MR) is 73.2 cm³/mol. The van der Waals surface area contributed by atoms with E-state index in [0.29, 0.717) is 24.2 Å². The minimum Gasteiger partial charge on any atom is -0.272 e. The highest BCUT2D eigenvalue weighted by atomic mass is 19.4. The molecule has 0 fully saturated rings. The summed E-state index contributed by atoms with van der Waals surface area (Å²) in [6.07, 6.45) is -0.760. The molecule has 0 unspecified atom stereocenters. The van der Waals surface area contributed by atoms with Crippen LogP contribution in [-0.4, -0.2) is 19.6 Å². The molecule has 1 aliphatic rings. The standard InChI is InChI=1S/C12H13F3N4.C2H6/c1-2-7-10-17-18-11(12(13,14)15)19(10)9-6-4-3-5-8(9)16-7;1-2/h2-6H2,1H3;1-2H3. The number of hydrogen-bond acceptors (Lipinski definition) is 3. The van der Waals surface area contributed by atoms with Gasteiger partial charge in [-0.15, -0.1) is 10.2 Å². The van der Waals surface area contributed by atoms with Gasteiger partial charge in [0.25, 0.3) is 0 Å². The van der Waals surface area contributed by atoms with E-state index in [0.717, 1.165) is 25.0 Å². The van der Waals surface area contributed by atoms with E-state index in [9.17, 15) is 13.2 Å². The molecule has 21 heavy (non-hydrogen) atoms. The maximum atomic E-state index is 13.0. The van der Waals surface area contributed by atoms with Crippen LogP contribution in [0.4, 0.5) is 13.2 Å². The van der Waals surface area contributed by atoms with Gasteiger partial charge in [-0.05, 0) is 32.1 Å².